The van der Waals surface area contributed by atoms with Gasteiger partial charge in [0.25, 0.3) is 0 Å². The van der Waals surface area contributed by atoms with Gasteiger partial charge in [-0.1, -0.05) is 18.2 Å². The molecule has 1 aromatic heterocycles. The number of aliphatic carboxylic acids is 1. The van der Waals surface area contributed by atoms with Crippen molar-refractivity contribution in [1.29, 1.82) is 0 Å². The Bertz CT molecular complexity index is 1300. The first-order valence-electron chi connectivity index (χ1n) is 14.5. The molecule has 236 valence electrons. The number of pyridine rings is 1. The monoisotopic (exact) mass is 598 g/mol. The van der Waals surface area contributed by atoms with E-state index in [0.717, 1.165) is 35.7 Å². The summed E-state index contributed by atoms with van der Waals surface area (Å²) in [5.74, 6) is -0.928. The van der Waals surface area contributed by atoms with Crippen molar-refractivity contribution in [2.24, 2.45) is 0 Å². The van der Waals surface area contributed by atoms with Gasteiger partial charge in [0.05, 0.1) is 23.1 Å². The summed E-state index contributed by atoms with van der Waals surface area (Å²) in [4.78, 5) is 48.4. The number of para-hydroxylation sites is 1. The number of amides is 2. The zero-order valence-corrected chi connectivity index (χ0v) is 26.5. The Labute approximate surface area is 254 Å². The molecular weight excluding hydrogens is 552 g/mol. The summed E-state index contributed by atoms with van der Waals surface area (Å²) in [5.41, 5.74) is 7.54. The normalized spacial score (nSPS) is 17.0. The van der Waals surface area contributed by atoms with Crippen LogP contribution in [0.2, 0.25) is 0 Å². The van der Waals surface area contributed by atoms with Crippen LogP contribution in [0.15, 0.2) is 36.4 Å². The van der Waals surface area contributed by atoms with Crippen molar-refractivity contribution < 1.29 is 29.0 Å². The highest BCUT2D eigenvalue weighted by Gasteiger charge is 2.46. The summed E-state index contributed by atoms with van der Waals surface area (Å²) < 4.78 is 11.2. The van der Waals surface area contributed by atoms with E-state index in [-0.39, 0.29) is 18.8 Å². The van der Waals surface area contributed by atoms with Gasteiger partial charge in [0.2, 0.25) is 0 Å². The van der Waals surface area contributed by atoms with Crippen LogP contribution in [0.5, 0.6) is 0 Å². The number of carbonyl (C=O) groups is 3. The van der Waals surface area contributed by atoms with E-state index in [1.807, 2.05) is 38.4 Å². The van der Waals surface area contributed by atoms with E-state index in [4.69, 9.17) is 20.2 Å². The fourth-order valence-corrected chi connectivity index (χ4v) is 5.00. The lowest BCUT2D eigenvalue weighted by atomic mass is 10.1. The molecular formula is C31H46N6O6. The first kappa shape index (κ1) is 33.4. The number of aromatic nitrogens is 1. The minimum Gasteiger partial charge on any atom is -0.480 e. The van der Waals surface area contributed by atoms with Gasteiger partial charge in [-0.3, -0.25) is 9.80 Å². The molecule has 0 aliphatic carbocycles. The van der Waals surface area contributed by atoms with Gasteiger partial charge >= 0.3 is 18.2 Å². The van der Waals surface area contributed by atoms with E-state index < -0.39 is 41.4 Å². The van der Waals surface area contributed by atoms with Crippen LogP contribution in [0.25, 0.3) is 11.3 Å². The van der Waals surface area contributed by atoms with Gasteiger partial charge in [-0.05, 0) is 79.8 Å². The van der Waals surface area contributed by atoms with E-state index in [1.165, 1.54) is 4.90 Å². The molecule has 0 spiro atoms. The van der Waals surface area contributed by atoms with Crippen molar-refractivity contribution in [2.75, 3.05) is 49.3 Å². The molecule has 1 aromatic carbocycles. The van der Waals surface area contributed by atoms with Crippen LogP contribution in [0.1, 0.15) is 54.4 Å². The maximum atomic E-state index is 13.7. The molecule has 12 heteroatoms. The zero-order chi connectivity index (χ0) is 32.1. The number of hydrogen-bond acceptors (Lipinski definition) is 9. The Hall–Kier alpha value is -4.06. The molecule has 1 fully saturated rings. The molecule has 2 amide bonds. The van der Waals surface area contributed by atoms with E-state index in [1.54, 1.807) is 53.7 Å². The van der Waals surface area contributed by atoms with Gasteiger partial charge in [-0.2, -0.15) is 0 Å². The summed E-state index contributed by atoms with van der Waals surface area (Å²) >= 11 is 0. The number of nitrogen functional groups attached to an aromatic ring is 1. The second-order valence-electron chi connectivity index (χ2n) is 12.7. The average molecular weight is 599 g/mol. The highest BCUT2D eigenvalue weighted by Crippen LogP contribution is 2.36. The van der Waals surface area contributed by atoms with E-state index in [9.17, 15) is 19.5 Å². The van der Waals surface area contributed by atoms with Crippen molar-refractivity contribution in [1.82, 2.24) is 15.2 Å². The molecule has 12 nitrogen and oxygen atoms in total. The van der Waals surface area contributed by atoms with E-state index >= 15 is 0 Å². The second kappa shape index (κ2) is 13.5. The largest absolute Gasteiger partial charge is 0.480 e. The van der Waals surface area contributed by atoms with Crippen molar-refractivity contribution in [3.63, 3.8) is 0 Å². The number of anilines is 3. The summed E-state index contributed by atoms with van der Waals surface area (Å²) in [6.45, 7) is 11.9. The smallest absolute Gasteiger partial charge is 0.416 e. The number of nitrogens with two attached hydrogens (primary N) is 1. The maximum Gasteiger partial charge on any atom is 0.416 e. The van der Waals surface area contributed by atoms with Crippen molar-refractivity contribution in [3.8, 4) is 11.3 Å². The number of likely N-dealkylation sites (tertiary alicyclic amines) is 1. The van der Waals surface area contributed by atoms with Crippen molar-refractivity contribution in [3.05, 3.63) is 36.4 Å². The molecule has 43 heavy (non-hydrogen) atoms. The third-order valence-electron chi connectivity index (χ3n) is 6.77. The lowest BCUT2D eigenvalue weighted by Gasteiger charge is -2.31. The number of hydrogen-bond donors (Lipinski definition) is 3. The maximum absolute atomic E-state index is 13.7. The highest BCUT2D eigenvalue weighted by atomic mass is 16.6. The minimum atomic E-state index is -1.19. The number of carbonyl (C=O) groups excluding carboxylic acids is 2. The van der Waals surface area contributed by atoms with Crippen LogP contribution in [0, 0.1) is 0 Å². The molecule has 2 unspecified atom stereocenters. The van der Waals surface area contributed by atoms with Crippen molar-refractivity contribution in [2.45, 2.75) is 77.7 Å². The van der Waals surface area contributed by atoms with Crippen LogP contribution in [-0.4, -0.2) is 90.2 Å². The molecule has 1 saturated heterocycles. The van der Waals surface area contributed by atoms with Crippen LogP contribution < -0.4 is 20.9 Å². The summed E-state index contributed by atoms with van der Waals surface area (Å²) in [6, 6.07) is 8.95. The van der Waals surface area contributed by atoms with Gasteiger partial charge in [-0.25, -0.2) is 19.4 Å². The Morgan fingerprint density at radius 1 is 1.07 bits per heavy atom. The van der Waals surface area contributed by atoms with Crippen LogP contribution in [0.3, 0.4) is 0 Å². The number of rotatable bonds is 9. The fraction of sp³-hybridized carbons (Fsp3) is 0.548. The molecule has 4 N–H and O–H groups in total. The SMILES string of the molecule is CNCCCN(C)c1c(N)cccc1-c1cccc(N(C(=O)OC(C)(C)C)C2CC(C(=O)O)N(C(=O)OC(C)(C)C)C2)n1. The molecule has 2 aromatic rings. The summed E-state index contributed by atoms with van der Waals surface area (Å²) in [6.07, 6.45) is -0.591. The first-order valence-corrected chi connectivity index (χ1v) is 14.5. The van der Waals surface area contributed by atoms with E-state index in [0.29, 0.717) is 11.4 Å². The topological polar surface area (TPSA) is 151 Å². The first-order chi connectivity index (χ1) is 20.0. The number of ether oxygens (including phenoxy) is 2. The number of carboxylic acids is 1. The van der Waals surface area contributed by atoms with Gasteiger partial charge in [0, 0.05) is 32.1 Å². The molecule has 0 saturated carbocycles. The zero-order valence-electron chi connectivity index (χ0n) is 26.5. The predicted molar refractivity (Wildman–Crippen MR) is 167 cm³/mol. The standard InChI is InChI=1S/C31H46N6O6/c1-30(2,3)42-28(40)36-19-20(18-24(36)27(38)39)37(29(41)43-31(4,5)6)25-15-10-14-23(34-25)21-12-9-13-22(32)26(21)35(8)17-11-16-33-7/h9-10,12-15,20,24,33H,11,16-19,32H2,1-8H3,(H,38,39). The van der Waals surface area contributed by atoms with Gasteiger partial charge in [0.15, 0.2) is 0 Å². The molecule has 0 bridgehead atoms. The number of nitrogens with one attached hydrogen (secondary N) is 1. The predicted octanol–water partition coefficient (Wildman–Crippen LogP) is 4.58. The lowest BCUT2D eigenvalue weighted by molar-refractivity contribution is -0.142. The number of benzene rings is 1. The molecule has 1 aliphatic rings. The van der Waals surface area contributed by atoms with Crippen LogP contribution in [0.4, 0.5) is 26.8 Å². The summed E-state index contributed by atoms with van der Waals surface area (Å²) in [7, 11) is 3.88. The van der Waals surface area contributed by atoms with E-state index in [2.05, 4.69) is 10.2 Å². The Morgan fingerprint density at radius 2 is 1.72 bits per heavy atom. The molecule has 3 rings (SSSR count). The quantitative estimate of drug-likeness (QED) is 0.276. The Kier molecular flexibility index (Phi) is 10.5. The molecule has 2 heterocycles. The number of carboxylic acid groups (broad SMARTS) is 1. The Morgan fingerprint density at radius 3 is 2.33 bits per heavy atom. The highest BCUT2D eigenvalue weighted by molar-refractivity contribution is 5.90. The number of nitrogens with zero attached hydrogens (tertiary/aromatic N) is 4. The van der Waals surface area contributed by atoms with Crippen LogP contribution in [-0.2, 0) is 14.3 Å². The third kappa shape index (κ3) is 8.73. The lowest BCUT2D eigenvalue weighted by Crippen LogP contribution is -2.46. The molecule has 0 radical (unpaired) electrons. The van der Waals surface area contributed by atoms with Crippen LogP contribution >= 0.6 is 0 Å². The second-order valence-corrected chi connectivity index (χ2v) is 12.7. The van der Waals surface area contributed by atoms with Gasteiger partial charge < -0.3 is 30.5 Å². The van der Waals surface area contributed by atoms with Gasteiger partial charge in [0.1, 0.15) is 23.1 Å². The average Bonchev–Trinajstić information content (AvgIpc) is 3.32. The minimum absolute atomic E-state index is 0.0303. The Balaban J connectivity index is 2.06. The molecule has 2 atom stereocenters. The fourth-order valence-electron chi connectivity index (χ4n) is 5.00. The van der Waals surface area contributed by atoms with Gasteiger partial charge in [-0.15, -0.1) is 0 Å². The van der Waals surface area contributed by atoms with Crippen molar-refractivity contribution >= 4 is 35.3 Å². The summed E-state index contributed by atoms with van der Waals surface area (Å²) in [5, 5.41) is 13.1. The third-order valence-corrected chi connectivity index (χ3v) is 6.77. The molecule has 1 aliphatic heterocycles.